The second-order valence-electron chi connectivity index (χ2n) is 6.13. The maximum atomic E-state index is 11.9. The second-order valence-corrected chi connectivity index (χ2v) is 6.13. The van der Waals surface area contributed by atoms with Gasteiger partial charge in [-0.15, -0.1) is 0 Å². The highest BCUT2D eigenvalue weighted by Crippen LogP contribution is 2.21. The summed E-state index contributed by atoms with van der Waals surface area (Å²) in [4.78, 5) is 15.9. The molecule has 1 amide bonds. The minimum atomic E-state index is 0.231. The van der Waals surface area contributed by atoms with Crippen LogP contribution in [0.15, 0.2) is 0 Å². The van der Waals surface area contributed by atoms with Crippen LogP contribution in [0.3, 0.4) is 0 Å². The largest absolute Gasteiger partial charge is 0.342 e. The van der Waals surface area contributed by atoms with Crippen molar-refractivity contribution < 1.29 is 4.79 Å². The SMILES string of the molecule is CCN(CC)C(=O)CN(C)CCCCC(C)(C)CN. The molecule has 0 atom stereocenters. The van der Waals surface area contributed by atoms with Gasteiger partial charge in [-0.25, -0.2) is 0 Å². The highest BCUT2D eigenvalue weighted by molar-refractivity contribution is 5.78. The molecule has 0 aromatic carbocycles. The lowest BCUT2D eigenvalue weighted by molar-refractivity contribution is -0.131. The number of hydrogen-bond donors (Lipinski definition) is 1. The third kappa shape index (κ3) is 8.22. The van der Waals surface area contributed by atoms with Gasteiger partial charge >= 0.3 is 0 Å². The van der Waals surface area contributed by atoms with Gasteiger partial charge in [0.1, 0.15) is 0 Å². The summed E-state index contributed by atoms with van der Waals surface area (Å²) in [6.45, 7) is 12.3. The minimum absolute atomic E-state index is 0.231. The molecule has 0 radical (unpaired) electrons. The lowest BCUT2D eigenvalue weighted by atomic mass is 9.87. The molecule has 4 heteroatoms. The van der Waals surface area contributed by atoms with E-state index in [0.29, 0.717) is 6.54 Å². The minimum Gasteiger partial charge on any atom is -0.342 e. The predicted molar refractivity (Wildman–Crippen MR) is 82.1 cm³/mol. The molecule has 0 saturated heterocycles. The van der Waals surface area contributed by atoms with Crippen molar-refractivity contribution in [3.63, 3.8) is 0 Å². The van der Waals surface area contributed by atoms with Gasteiger partial charge in [0.25, 0.3) is 0 Å². The standard InChI is InChI=1S/C15H33N3O/c1-6-18(7-2)14(19)12-17(5)11-9-8-10-15(3,4)13-16/h6-13,16H2,1-5H3. The Labute approximate surface area is 119 Å². The predicted octanol–water partition coefficient (Wildman–Crippen LogP) is 1.94. The van der Waals surface area contributed by atoms with Crippen LogP contribution in [0.25, 0.3) is 0 Å². The molecule has 0 aliphatic carbocycles. The molecule has 0 rings (SSSR count). The average molecular weight is 271 g/mol. The Bertz CT molecular complexity index is 250. The molecule has 0 saturated carbocycles. The highest BCUT2D eigenvalue weighted by Gasteiger charge is 2.15. The Morgan fingerprint density at radius 1 is 1.16 bits per heavy atom. The summed E-state index contributed by atoms with van der Waals surface area (Å²) < 4.78 is 0. The zero-order valence-electron chi connectivity index (χ0n) is 13.5. The van der Waals surface area contributed by atoms with Gasteiger partial charge in [-0.2, -0.15) is 0 Å². The maximum Gasteiger partial charge on any atom is 0.236 e. The molecule has 0 spiro atoms. The number of nitrogens with two attached hydrogens (primary N) is 1. The summed E-state index contributed by atoms with van der Waals surface area (Å²) in [5.41, 5.74) is 5.96. The molecule has 0 fully saturated rings. The number of unbranched alkanes of at least 4 members (excludes halogenated alkanes) is 1. The first-order valence-corrected chi connectivity index (χ1v) is 7.52. The van der Waals surface area contributed by atoms with Gasteiger partial charge < -0.3 is 10.6 Å². The monoisotopic (exact) mass is 271 g/mol. The van der Waals surface area contributed by atoms with E-state index in [1.54, 1.807) is 0 Å². The Morgan fingerprint density at radius 3 is 2.21 bits per heavy atom. The number of nitrogens with zero attached hydrogens (tertiary/aromatic N) is 2. The molecule has 4 nitrogen and oxygen atoms in total. The zero-order valence-corrected chi connectivity index (χ0v) is 13.5. The van der Waals surface area contributed by atoms with Gasteiger partial charge in [0, 0.05) is 13.1 Å². The van der Waals surface area contributed by atoms with E-state index in [1.807, 2.05) is 25.8 Å². The number of rotatable bonds is 10. The van der Waals surface area contributed by atoms with Crippen LogP contribution in [0.5, 0.6) is 0 Å². The van der Waals surface area contributed by atoms with Gasteiger partial charge in [0.15, 0.2) is 0 Å². The Hall–Kier alpha value is -0.610. The van der Waals surface area contributed by atoms with E-state index < -0.39 is 0 Å². The lowest BCUT2D eigenvalue weighted by Crippen LogP contribution is -2.39. The van der Waals surface area contributed by atoms with Crippen molar-refractivity contribution in [2.45, 2.75) is 47.0 Å². The summed E-state index contributed by atoms with van der Waals surface area (Å²) in [7, 11) is 2.02. The van der Waals surface area contributed by atoms with Crippen LogP contribution in [0.1, 0.15) is 47.0 Å². The highest BCUT2D eigenvalue weighted by atomic mass is 16.2. The van der Waals surface area contributed by atoms with Crippen molar-refractivity contribution >= 4 is 5.91 Å². The molecule has 0 aromatic rings. The van der Waals surface area contributed by atoms with Gasteiger partial charge in [0.2, 0.25) is 5.91 Å². The zero-order chi connectivity index (χ0) is 14.9. The van der Waals surface area contributed by atoms with Crippen LogP contribution < -0.4 is 5.73 Å². The second kappa shape index (κ2) is 9.32. The number of carbonyl (C=O) groups is 1. The lowest BCUT2D eigenvalue weighted by Gasteiger charge is -2.24. The van der Waals surface area contributed by atoms with Crippen molar-refractivity contribution in [3.8, 4) is 0 Å². The summed E-state index contributed by atoms with van der Waals surface area (Å²) in [6.07, 6.45) is 3.46. The van der Waals surface area contributed by atoms with E-state index in [2.05, 4.69) is 18.7 Å². The van der Waals surface area contributed by atoms with E-state index in [0.717, 1.165) is 39.0 Å². The third-order valence-corrected chi connectivity index (χ3v) is 3.72. The molecular weight excluding hydrogens is 238 g/mol. The number of amides is 1. The fraction of sp³-hybridized carbons (Fsp3) is 0.933. The molecular formula is C15H33N3O. The maximum absolute atomic E-state index is 11.9. The molecule has 0 heterocycles. The third-order valence-electron chi connectivity index (χ3n) is 3.72. The van der Waals surface area contributed by atoms with Gasteiger partial charge in [0.05, 0.1) is 6.54 Å². The molecule has 0 unspecified atom stereocenters. The summed E-state index contributed by atoms with van der Waals surface area (Å²) in [6, 6.07) is 0. The van der Waals surface area contributed by atoms with Crippen molar-refractivity contribution in [2.24, 2.45) is 11.1 Å². The Balaban J connectivity index is 3.81. The molecule has 0 aliphatic rings. The van der Waals surface area contributed by atoms with Crippen molar-refractivity contribution in [1.29, 1.82) is 0 Å². The van der Waals surface area contributed by atoms with E-state index in [-0.39, 0.29) is 11.3 Å². The topological polar surface area (TPSA) is 49.6 Å². The van der Waals surface area contributed by atoms with Crippen LogP contribution in [0.4, 0.5) is 0 Å². The number of likely N-dealkylation sites (N-methyl/N-ethyl adjacent to an activating group) is 2. The van der Waals surface area contributed by atoms with Crippen LogP contribution in [-0.4, -0.2) is 55.5 Å². The molecule has 0 aromatic heterocycles. The molecule has 0 aliphatic heterocycles. The van der Waals surface area contributed by atoms with Crippen LogP contribution in [0, 0.1) is 5.41 Å². The number of hydrogen-bond acceptors (Lipinski definition) is 3. The van der Waals surface area contributed by atoms with Crippen molar-refractivity contribution in [1.82, 2.24) is 9.80 Å². The smallest absolute Gasteiger partial charge is 0.236 e. The van der Waals surface area contributed by atoms with Crippen molar-refractivity contribution in [3.05, 3.63) is 0 Å². The fourth-order valence-electron chi connectivity index (χ4n) is 2.07. The first kappa shape index (κ1) is 18.4. The number of carbonyl (C=O) groups excluding carboxylic acids is 1. The van der Waals surface area contributed by atoms with E-state index >= 15 is 0 Å². The molecule has 114 valence electrons. The average Bonchev–Trinajstić information content (AvgIpc) is 2.36. The molecule has 0 bridgehead atoms. The van der Waals surface area contributed by atoms with Gasteiger partial charge in [-0.3, -0.25) is 9.69 Å². The molecule has 2 N–H and O–H groups in total. The normalized spacial score (nSPS) is 11.9. The summed E-state index contributed by atoms with van der Waals surface area (Å²) in [5, 5.41) is 0. The van der Waals surface area contributed by atoms with Gasteiger partial charge in [-0.05, 0) is 52.2 Å². The Morgan fingerprint density at radius 2 is 1.74 bits per heavy atom. The Kier molecular flexibility index (Phi) is 9.02. The fourth-order valence-corrected chi connectivity index (χ4v) is 2.07. The summed E-state index contributed by atoms with van der Waals surface area (Å²) >= 11 is 0. The van der Waals surface area contributed by atoms with Crippen LogP contribution in [0.2, 0.25) is 0 Å². The first-order valence-electron chi connectivity index (χ1n) is 7.52. The summed E-state index contributed by atoms with van der Waals surface area (Å²) in [5.74, 6) is 0.231. The van der Waals surface area contributed by atoms with Gasteiger partial charge in [-0.1, -0.05) is 20.3 Å². The van der Waals surface area contributed by atoms with E-state index in [9.17, 15) is 4.79 Å². The quantitative estimate of drug-likeness (QED) is 0.618. The van der Waals surface area contributed by atoms with Crippen molar-refractivity contribution in [2.75, 3.05) is 39.8 Å². The van der Waals surface area contributed by atoms with E-state index in [1.165, 1.54) is 6.42 Å². The molecule has 19 heavy (non-hydrogen) atoms. The van der Waals surface area contributed by atoms with Crippen LogP contribution >= 0.6 is 0 Å². The van der Waals surface area contributed by atoms with E-state index in [4.69, 9.17) is 5.73 Å². The van der Waals surface area contributed by atoms with Crippen LogP contribution in [-0.2, 0) is 4.79 Å². The first-order chi connectivity index (χ1) is 8.86.